The molecule has 1 fully saturated rings. The molecule has 23 heavy (non-hydrogen) atoms. The van der Waals surface area contributed by atoms with E-state index in [-0.39, 0.29) is 11.9 Å². The summed E-state index contributed by atoms with van der Waals surface area (Å²) in [7, 11) is 0. The molecule has 0 radical (unpaired) electrons. The lowest BCUT2D eigenvalue weighted by atomic mass is 10.1. The molecule has 124 valence electrons. The van der Waals surface area contributed by atoms with Crippen LogP contribution in [0.2, 0.25) is 0 Å². The van der Waals surface area contributed by atoms with Crippen LogP contribution in [0.4, 0.5) is 4.39 Å². The van der Waals surface area contributed by atoms with E-state index in [1.807, 2.05) is 11.5 Å². The van der Waals surface area contributed by atoms with E-state index in [0.717, 1.165) is 12.4 Å². The Morgan fingerprint density at radius 3 is 3.04 bits per heavy atom. The van der Waals surface area contributed by atoms with Gasteiger partial charge in [0.1, 0.15) is 18.2 Å². The molecule has 1 saturated heterocycles. The Hall–Kier alpha value is -1.83. The third kappa shape index (κ3) is 3.57. The van der Waals surface area contributed by atoms with Gasteiger partial charge in [-0.05, 0) is 13.0 Å². The number of benzene rings is 1. The van der Waals surface area contributed by atoms with Crippen LogP contribution in [0.5, 0.6) is 0 Å². The maximum Gasteiger partial charge on any atom is 0.163 e. The number of aromatic nitrogens is 3. The van der Waals surface area contributed by atoms with Crippen LogP contribution >= 0.6 is 0 Å². The molecule has 1 aromatic carbocycles. The normalized spacial score (nSPS) is 20.6. The van der Waals surface area contributed by atoms with Crippen molar-refractivity contribution in [2.45, 2.75) is 25.7 Å². The molecular weight excluding hydrogens is 299 g/mol. The maximum atomic E-state index is 13.8. The van der Waals surface area contributed by atoms with E-state index in [0.29, 0.717) is 31.8 Å². The molecule has 6 nitrogen and oxygen atoms in total. The zero-order chi connectivity index (χ0) is 16.2. The number of hydrogen-bond acceptors (Lipinski definition) is 5. The van der Waals surface area contributed by atoms with Crippen LogP contribution in [0.3, 0.4) is 0 Å². The standard InChI is InChI=1S/C16H21FN4O2/c1-2-21-11-18-19-16(21)15-10-20(7-8-23-15)9-14(22)12-5-3-4-6-13(12)17/h3-6,11,14-15,22H,2,7-10H2,1H3/t14-,15+/m0/s1. The molecule has 3 rings (SSSR count). The van der Waals surface area contributed by atoms with E-state index in [2.05, 4.69) is 15.1 Å². The molecule has 1 aliphatic rings. The molecular formula is C16H21FN4O2. The Labute approximate surface area is 134 Å². The molecule has 2 aromatic rings. The van der Waals surface area contributed by atoms with Crippen molar-refractivity contribution in [1.82, 2.24) is 19.7 Å². The number of nitrogens with zero attached hydrogens (tertiary/aromatic N) is 4. The molecule has 0 amide bonds. The minimum atomic E-state index is -0.862. The van der Waals surface area contributed by atoms with Gasteiger partial charge in [0.05, 0.1) is 12.7 Å². The summed E-state index contributed by atoms with van der Waals surface area (Å²) < 4.78 is 21.5. The van der Waals surface area contributed by atoms with E-state index in [9.17, 15) is 9.50 Å². The summed E-state index contributed by atoms with van der Waals surface area (Å²) in [5.41, 5.74) is 0.326. The number of morpholine rings is 1. The fourth-order valence-corrected chi connectivity index (χ4v) is 2.87. The van der Waals surface area contributed by atoms with Gasteiger partial charge in [0, 0.05) is 31.7 Å². The monoisotopic (exact) mass is 320 g/mol. The number of halogens is 1. The number of hydrogen-bond donors (Lipinski definition) is 1. The highest BCUT2D eigenvalue weighted by Gasteiger charge is 2.27. The highest BCUT2D eigenvalue weighted by Crippen LogP contribution is 2.23. The van der Waals surface area contributed by atoms with Gasteiger partial charge in [0.25, 0.3) is 0 Å². The highest BCUT2D eigenvalue weighted by atomic mass is 19.1. The van der Waals surface area contributed by atoms with Crippen LogP contribution < -0.4 is 0 Å². The smallest absolute Gasteiger partial charge is 0.163 e. The number of aliphatic hydroxyl groups is 1. The van der Waals surface area contributed by atoms with Crippen LogP contribution in [0.25, 0.3) is 0 Å². The largest absolute Gasteiger partial charge is 0.387 e. The molecule has 2 heterocycles. The molecule has 2 atom stereocenters. The second-order valence-corrected chi connectivity index (χ2v) is 5.63. The number of aryl methyl sites for hydroxylation is 1. The lowest BCUT2D eigenvalue weighted by Crippen LogP contribution is -2.41. The number of aliphatic hydroxyl groups excluding tert-OH is 1. The van der Waals surface area contributed by atoms with Crippen molar-refractivity contribution in [2.24, 2.45) is 0 Å². The lowest BCUT2D eigenvalue weighted by molar-refractivity contribution is -0.0479. The Morgan fingerprint density at radius 2 is 2.26 bits per heavy atom. The van der Waals surface area contributed by atoms with Gasteiger partial charge in [0.2, 0.25) is 0 Å². The average Bonchev–Trinajstić information content (AvgIpc) is 3.04. The third-order valence-corrected chi connectivity index (χ3v) is 4.12. The molecule has 0 aliphatic carbocycles. The van der Waals surface area contributed by atoms with E-state index >= 15 is 0 Å². The fraction of sp³-hybridized carbons (Fsp3) is 0.500. The van der Waals surface area contributed by atoms with Gasteiger partial charge >= 0.3 is 0 Å². The zero-order valence-electron chi connectivity index (χ0n) is 13.1. The Morgan fingerprint density at radius 1 is 1.43 bits per heavy atom. The summed E-state index contributed by atoms with van der Waals surface area (Å²) in [5.74, 6) is 0.410. The summed E-state index contributed by atoms with van der Waals surface area (Å²) in [5, 5.41) is 18.4. The van der Waals surface area contributed by atoms with Crippen LogP contribution in [0.1, 0.15) is 30.5 Å². The molecule has 7 heteroatoms. The second-order valence-electron chi connectivity index (χ2n) is 5.63. The maximum absolute atomic E-state index is 13.8. The molecule has 1 aliphatic heterocycles. The van der Waals surface area contributed by atoms with Gasteiger partial charge in [-0.25, -0.2) is 4.39 Å². The molecule has 1 aromatic heterocycles. The van der Waals surface area contributed by atoms with Crippen LogP contribution in [-0.4, -0.2) is 51.0 Å². The van der Waals surface area contributed by atoms with E-state index in [1.165, 1.54) is 6.07 Å². The van der Waals surface area contributed by atoms with Gasteiger partial charge in [-0.2, -0.15) is 0 Å². The lowest BCUT2D eigenvalue weighted by Gasteiger charge is -2.33. The predicted octanol–water partition coefficient (Wildman–Crippen LogP) is 1.54. The first-order chi connectivity index (χ1) is 11.2. The minimum Gasteiger partial charge on any atom is -0.387 e. The second kappa shape index (κ2) is 7.16. The van der Waals surface area contributed by atoms with Crippen molar-refractivity contribution >= 4 is 0 Å². The fourth-order valence-electron chi connectivity index (χ4n) is 2.87. The Kier molecular flexibility index (Phi) is 5.00. The van der Waals surface area contributed by atoms with Crippen molar-refractivity contribution in [2.75, 3.05) is 26.2 Å². The Balaban J connectivity index is 1.66. The summed E-state index contributed by atoms with van der Waals surface area (Å²) in [4.78, 5) is 2.07. The van der Waals surface area contributed by atoms with Gasteiger partial charge < -0.3 is 14.4 Å². The quantitative estimate of drug-likeness (QED) is 0.905. The van der Waals surface area contributed by atoms with Crippen molar-refractivity contribution in [1.29, 1.82) is 0 Å². The highest BCUT2D eigenvalue weighted by molar-refractivity contribution is 5.20. The topological polar surface area (TPSA) is 63.4 Å². The van der Waals surface area contributed by atoms with Crippen LogP contribution in [0, 0.1) is 5.82 Å². The number of rotatable bonds is 5. The third-order valence-electron chi connectivity index (χ3n) is 4.12. The summed E-state index contributed by atoms with van der Waals surface area (Å²) in [6, 6.07) is 6.33. The van der Waals surface area contributed by atoms with Gasteiger partial charge in [-0.3, -0.25) is 4.90 Å². The summed E-state index contributed by atoms with van der Waals surface area (Å²) in [6.45, 7) is 5.01. The van der Waals surface area contributed by atoms with Gasteiger partial charge in [0.15, 0.2) is 5.82 Å². The Bertz CT molecular complexity index is 649. The first kappa shape index (κ1) is 16.0. The average molecular weight is 320 g/mol. The molecule has 0 unspecified atom stereocenters. The summed E-state index contributed by atoms with van der Waals surface area (Å²) in [6.07, 6.45) is 0.643. The molecule has 0 bridgehead atoms. The van der Waals surface area contributed by atoms with Gasteiger partial charge in [-0.1, -0.05) is 18.2 Å². The first-order valence-electron chi connectivity index (χ1n) is 7.83. The zero-order valence-corrected chi connectivity index (χ0v) is 13.1. The van der Waals surface area contributed by atoms with E-state index < -0.39 is 6.10 Å². The van der Waals surface area contributed by atoms with Crippen molar-refractivity contribution in [3.8, 4) is 0 Å². The predicted molar refractivity (Wildman–Crippen MR) is 82.2 cm³/mol. The van der Waals surface area contributed by atoms with E-state index in [4.69, 9.17) is 4.74 Å². The first-order valence-corrected chi connectivity index (χ1v) is 7.83. The SMILES string of the molecule is CCn1cnnc1[C@H]1CN(C[C@H](O)c2ccccc2F)CCO1. The van der Waals surface area contributed by atoms with Crippen LogP contribution in [0.15, 0.2) is 30.6 Å². The number of ether oxygens (including phenoxy) is 1. The minimum absolute atomic E-state index is 0.181. The van der Waals surface area contributed by atoms with Crippen molar-refractivity contribution in [3.63, 3.8) is 0 Å². The van der Waals surface area contributed by atoms with Crippen molar-refractivity contribution in [3.05, 3.63) is 47.8 Å². The molecule has 1 N–H and O–H groups in total. The van der Waals surface area contributed by atoms with Crippen LogP contribution in [-0.2, 0) is 11.3 Å². The molecule has 0 spiro atoms. The summed E-state index contributed by atoms with van der Waals surface area (Å²) >= 11 is 0. The number of β-amino-alcohol motifs (C(OH)–C–C–N with tert-alkyl or cyclic N) is 1. The molecule has 0 saturated carbocycles. The van der Waals surface area contributed by atoms with Crippen molar-refractivity contribution < 1.29 is 14.2 Å². The van der Waals surface area contributed by atoms with E-state index in [1.54, 1.807) is 24.5 Å². The van der Waals surface area contributed by atoms with Gasteiger partial charge in [-0.15, -0.1) is 10.2 Å².